The maximum atomic E-state index is 9.64. The Morgan fingerprint density at radius 3 is 2.91 bits per heavy atom. The van der Waals surface area contributed by atoms with E-state index in [-0.39, 0.29) is 5.75 Å². The Hall–Kier alpha value is -2.60. The molecule has 0 atom stereocenters. The van der Waals surface area contributed by atoms with Crippen LogP contribution < -0.4 is 5.32 Å². The normalized spacial score (nSPS) is 11.2. The van der Waals surface area contributed by atoms with Crippen molar-refractivity contribution in [3.05, 3.63) is 42.7 Å². The van der Waals surface area contributed by atoms with Crippen molar-refractivity contribution in [2.24, 2.45) is 0 Å². The Morgan fingerprint density at radius 1 is 1.27 bits per heavy atom. The zero-order valence-electron chi connectivity index (χ0n) is 12.7. The van der Waals surface area contributed by atoms with E-state index < -0.39 is 0 Å². The zero-order chi connectivity index (χ0) is 15.5. The van der Waals surface area contributed by atoms with Crippen LogP contribution in [0, 0.1) is 0 Å². The van der Waals surface area contributed by atoms with E-state index in [0.717, 1.165) is 35.7 Å². The molecule has 0 aliphatic rings. The van der Waals surface area contributed by atoms with E-state index in [9.17, 15) is 5.11 Å². The lowest BCUT2D eigenvalue weighted by atomic mass is 10.1. The van der Waals surface area contributed by atoms with E-state index in [4.69, 9.17) is 0 Å². The number of nitrogens with zero attached hydrogens (tertiary/aromatic N) is 4. The molecular weight excluding hydrogens is 278 g/mol. The zero-order valence-corrected chi connectivity index (χ0v) is 12.7. The van der Waals surface area contributed by atoms with Crippen molar-refractivity contribution in [3.8, 4) is 16.9 Å². The number of rotatable bonds is 5. The van der Waals surface area contributed by atoms with Gasteiger partial charge in [-0.3, -0.25) is 0 Å². The Kier molecular flexibility index (Phi) is 3.93. The summed E-state index contributed by atoms with van der Waals surface area (Å²) in [5.74, 6) is 1.05. The summed E-state index contributed by atoms with van der Waals surface area (Å²) in [5, 5.41) is 17.3. The van der Waals surface area contributed by atoms with Crippen LogP contribution in [0.2, 0.25) is 0 Å². The van der Waals surface area contributed by atoms with Gasteiger partial charge in [0.2, 0.25) is 0 Å². The molecule has 2 heterocycles. The van der Waals surface area contributed by atoms with E-state index in [2.05, 4.69) is 20.3 Å². The molecule has 114 valence electrons. The number of hydrogen-bond donors (Lipinski definition) is 2. The standard InChI is InChI=1S/C16H19N5O/c1-20(2)9-7-17-15-6-8-21-16(19-15)14(11-18-21)12-4-3-5-13(22)10-12/h3-6,8,10-11,22H,7,9H2,1-2H3,(H,17,19). The van der Waals surface area contributed by atoms with E-state index in [1.165, 1.54) is 0 Å². The molecule has 1 aromatic carbocycles. The highest BCUT2D eigenvalue weighted by molar-refractivity contribution is 5.78. The third-order valence-corrected chi connectivity index (χ3v) is 3.39. The molecule has 6 nitrogen and oxygen atoms in total. The van der Waals surface area contributed by atoms with Crippen LogP contribution in [-0.2, 0) is 0 Å². The molecule has 0 aliphatic heterocycles. The van der Waals surface area contributed by atoms with Gasteiger partial charge in [0.25, 0.3) is 0 Å². The fraction of sp³-hybridized carbons (Fsp3) is 0.250. The number of aromatic nitrogens is 3. The van der Waals surface area contributed by atoms with Gasteiger partial charge >= 0.3 is 0 Å². The molecular formula is C16H19N5O. The number of anilines is 1. The summed E-state index contributed by atoms with van der Waals surface area (Å²) in [4.78, 5) is 6.74. The fourth-order valence-corrected chi connectivity index (χ4v) is 2.25. The minimum absolute atomic E-state index is 0.233. The van der Waals surface area contributed by atoms with Gasteiger partial charge in [-0.05, 0) is 37.9 Å². The van der Waals surface area contributed by atoms with Crippen LogP contribution in [0.15, 0.2) is 42.7 Å². The minimum atomic E-state index is 0.233. The van der Waals surface area contributed by atoms with Gasteiger partial charge in [0.05, 0.1) is 6.20 Å². The molecule has 0 aliphatic carbocycles. The van der Waals surface area contributed by atoms with Crippen molar-refractivity contribution in [2.75, 3.05) is 32.5 Å². The van der Waals surface area contributed by atoms with Crippen molar-refractivity contribution in [1.82, 2.24) is 19.5 Å². The smallest absolute Gasteiger partial charge is 0.165 e. The summed E-state index contributed by atoms with van der Waals surface area (Å²) in [6.45, 7) is 1.76. The van der Waals surface area contributed by atoms with Crippen molar-refractivity contribution < 1.29 is 5.11 Å². The predicted molar refractivity (Wildman–Crippen MR) is 87.1 cm³/mol. The van der Waals surface area contributed by atoms with Gasteiger partial charge < -0.3 is 15.3 Å². The Morgan fingerprint density at radius 2 is 2.14 bits per heavy atom. The van der Waals surface area contributed by atoms with Gasteiger partial charge in [0.1, 0.15) is 11.6 Å². The molecule has 0 bridgehead atoms. The van der Waals surface area contributed by atoms with Crippen LogP contribution in [0.5, 0.6) is 5.75 Å². The van der Waals surface area contributed by atoms with E-state index in [1.54, 1.807) is 22.8 Å². The van der Waals surface area contributed by atoms with Crippen LogP contribution in [-0.4, -0.2) is 51.8 Å². The monoisotopic (exact) mass is 297 g/mol. The molecule has 6 heteroatoms. The lowest BCUT2D eigenvalue weighted by Crippen LogP contribution is -2.21. The molecule has 2 N–H and O–H groups in total. The molecule has 0 spiro atoms. The highest BCUT2D eigenvalue weighted by Crippen LogP contribution is 2.26. The molecule has 0 amide bonds. The molecule has 0 unspecified atom stereocenters. The fourth-order valence-electron chi connectivity index (χ4n) is 2.25. The van der Waals surface area contributed by atoms with Gasteiger partial charge in [-0.1, -0.05) is 12.1 Å². The largest absolute Gasteiger partial charge is 0.508 e. The second-order valence-corrected chi connectivity index (χ2v) is 5.42. The summed E-state index contributed by atoms with van der Waals surface area (Å²) in [7, 11) is 4.07. The van der Waals surface area contributed by atoms with E-state index >= 15 is 0 Å². The third-order valence-electron chi connectivity index (χ3n) is 3.39. The van der Waals surface area contributed by atoms with Crippen LogP contribution in [0.1, 0.15) is 0 Å². The number of nitrogens with one attached hydrogen (secondary N) is 1. The molecule has 0 saturated heterocycles. The number of fused-ring (bicyclic) bond motifs is 1. The predicted octanol–water partition coefficient (Wildman–Crippen LogP) is 2.08. The highest BCUT2D eigenvalue weighted by Gasteiger charge is 2.09. The van der Waals surface area contributed by atoms with Gasteiger partial charge in [-0.25, -0.2) is 9.50 Å². The number of aromatic hydroxyl groups is 1. The van der Waals surface area contributed by atoms with Crippen LogP contribution in [0.25, 0.3) is 16.8 Å². The van der Waals surface area contributed by atoms with Gasteiger partial charge in [0.15, 0.2) is 5.65 Å². The first-order valence-corrected chi connectivity index (χ1v) is 7.16. The van der Waals surface area contributed by atoms with Crippen LogP contribution >= 0.6 is 0 Å². The number of likely N-dealkylation sites (N-methyl/N-ethyl adjacent to an activating group) is 1. The summed E-state index contributed by atoms with van der Waals surface area (Å²) in [5.41, 5.74) is 2.56. The Labute approximate surface area is 129 Å². The molecule has 2 aromatic heterocycles. The number of hydrogen-bond acceptors (Lipinski definition) is 5. The molecule has 22 heavy (non-hydrogen) atoms. The van der Waals surface area contributed by atoms with E-state index in [0.29, 0.717) is 0 Å². The third kappa shape index (κ3) is 3.01. The second-order valence-electron chi connectivity index (χ2n) is 5.42. The van der Waals surface area contributed by atoms with Crippen molar-refractivity contribution >= 4 is 11.5 Å². The Balaban J connectivity index is 1.92. The molecule has 0 saturated carbocycles. The number of benzene rings is 1. The summed E-state index contributed by atoms with van der Waals surface area (Å²) in [6, 6.07) is 9.02. The van der Waals surface area contributed by atoms with Crippen molar-refractivity contribution in [2.45, 2.75) is 0 Å². The molecule has 3 rings (SSSR count). The quantitative estimate of drug-likeness (QED) is 0.755. The average molecular weight is 297 g/mol. The average Bonchev–Trinajstić information content (AvgIpc) is 2.90. The SMILES string of the molecule is CN(C)CCNc1ccn2ncc(-c3cccc(O)c3)c2n1. The Bertz CT molecular complexity index is 781. The lowest BCUT2D eigenvalue weighted by molar-refractivity contribution is 0.425. The number of phenols is 1. The lowest BCUT2D eigenvalue weighted by Gasteiger charge is -2.11. The summed E-state index contributed by atoms with van der Waals surface area (Å²) in [6.07, 6.45) is 3.65. The van der Waals surface area contributed by atoms with Crippen molar-refractivity contribution in [1.29, 1.82) is 0 Å². The molecule has 0 fully saturated rings. The first kappa shape index (κ1) is 14.3. The van der Waals surface area contributed by atoms with Gasteiger partial charge in [-0.15, -0.1) is 0 Å². The maximum Gasteiger partial charge on any atom is 0.165 e. The van der Waals surface area contributed by atoms with Gasteiger partial charge in [-0.2, -0.15) is 5.10 Å². The minimum Gasteiger partial charge on any atom is -0.508 e. The highest BCUT2D eigenvalue weighted by atomic mass is 16.3. The number of phenolic OH excluding ortho intramolecular Hbond substituents is 1. The topological polar surface area (TPSA) is 65.7 Å². The molecule has 3 aromatic rings. The first-order valence-electron chi connectivity index (χ1n) is 7.16. The second kappa shape index (κ2) is 6.03. The maximum absolute atomic E-state index is 9.64. The summed E-state index contributed by atoms with van der Waals surface area (Å²) >= 11 is 0. The first-order chi connectivity index (χ1) is 10.6. The van der Waals surface area contributed by atoms with Gasteiger partial charge in [0, 0.05) is 24.8 Å². The molecule has 0 radical (unpaired) electrons. The van der Waals surface area contributed by atoms with Crippen LogP contribution in [0.3, 0.4) is 0 Å². The summed E-state index contributed by atoms with van der Waals surface area (Å²) < 4.78 is 1.73. The van der Waals surface area contributed by atoms with Crippen LogP contribution in [0.4, 0.5) is 5.82 Å². The van der Waals surface area contributed by atoms with E-state index in [1.807, 2.05) is 38.5 Å². The van der Waals surface area contributed by atoms with Crippen molar-refractivity contribution in [3.63, 3.8) is 0 Å².